The van der Waals surface area contributed by atoms with E-state index in [1.165, 1.54) is 0 Å². The van der Waals surface area contributed by atoms with Crippen molar-refractivity contribution in [3.63, 3.8) is 0 Å². The molecule has 1 aliphatic heterocycles. The van der Waals surface area contributed by atoms with Crippen LogP contribution in [0.5, 0.6) is 0 Å². The molecule has 0 aromatic carbocycles. The lowest BCUT2D eigenvalue weighted by molar-refractivity contribution is -0.118. The van der Waals surface area contributed by atoms with Gasteiger partial charge in [0.15, 0.2) is 0 Å². The highest BCUT2D eigenvalue weighted by Crippen LogP contribution is 2.39. The third kappa shape index (κ3) is 3.34. The van der Waals surface area contributed by atoms with Crippen molar-refractivity contribution in [3.05, 3.63) is 5.89 Å². The molecule has 1 amide bonds. The second-order valence-corrected chi connectivity index (χ2v) is 6.04. The number of likely N-dealkylation sites (tertiary alicyclic amines) is 1. The smallest absolute Gasteiger partial charge is 0.322 e. The number of hydrogen-bond donors (Lipinski definition) is 2. The molecule has 7 nitrogen and oxygen atoms in total. The van der Waals surface area contributed by atoms with Crippen LogP contribution in [0.25, 0.3) is 0 Å². The summed E-state index contributed by atoms with van der Waals surface area (Å²) in [6.07, 6.45) is 3.55. The minimum Gasteiger partial charge on any atom is -0.408 e. The first-order valence-electron chi connectivity index (χ1n) is 7.10. The summed E-state index contributed by atoms with van der Waals surface area (Å²) in [5.41, 5.74) is -0.599. The van der Waals surface area contributed by atoms with Gasteiger partial charge in [-0.3, -0.25) is 15.0 Å². The van der Waals surface area contributed by atoms with E-state index >= 15 is 0 Å². The van der Waals surface area contributed by atoms with Gasteiger partial charge in [0.2, 0.25) is 11.8 Å². The van der Waals surface area contributed by atoms with Gasteiger partial charge in [0, 0.05) is 19.0 Å². The van der Waals surface area contributed by atoms with Gasteiger partial charge < -0.3 is 9.52 Å². The van der Waals surface area contributed by atoms with Crippen LogP contribution in [0.1, 0.15) is 44.4 Å². The average molecular weight is 280 g/mol. The number of carbonyl (C=O) groups excluding carboxylic acids is 1. The Morgan fingerprint density at radius 3 is 2.80 bits per heavy atom. The molecule has 1 saturated heterocycles. The summed E-state index contributed by atoms with van der Waals surface area (Å²) in [5.74, 6) is 0.851. The molecule has 20 heavy (non-hydrogen) atoms. The van der Waals surface area contributed by atoms with E-state index in [4.69, 9.17) is 4.42 Å². The van der Waals surface area contributed by atoms with E-state index in [-0.39, 0.29) is 18.5 Å². The highest BCUT2D eigenvalue weighted by atomic mass is 16.4. The predicted molar refractivity (Wildman–Crippen MR) is 71.2 cm³/mol. The van der Waals surface area contributed by atoms with Gasteiger partial charge in [-0.1, -0.05) is 5.10 Å². The summed E-state index contributed by atoms with van der Waals surface area (Å²) in [6.45, 7) is 3.56. The van der Waals surface area contributed by atoms with Gasteiger partial charge in [-0.15, -0.1) is 5.10 Å². The standard InChI is InChI=1S/C13H20N4O3/c1-13(19)4-6-17(7-5-13)8-10(18)14-12-16-15-11(20-12)9-2-3-9/h9,19H,2-8H2,1H3,(H,14,16,18). The summed E-state index contributed by atoms with van der Waals surface area (Å²) < 4.78 is 5.39. The lowest BCUT2D eigenvalue weighted by Crippen LogP contribution is -2.45. The molecule has 0 unspecified atom stereocenters. The number of piperidine rings is 1. The van der Waals surface area contributed by atoms with Crippen molar-refractivity contribution in [2.45, 2.75) is 44.1 Å². The molecule has 1 aromatic rings. The zero-order valence-corrected chi connectivity index (χ0v) is 11.6. The van der Waals surface area contributed by atoms with Crippen molar-refractivity contribution in [3.8, 4) is 0 Å². The summed E-state index contributed by atoms with van der Waals surface area (Å²) >= 11 is 0. The Hall–Kier alpha value is -1.47. The molecule has 0 spiro atoms. The van der Waals surface area contributed by atoms with Crippen molar-refractivity contribution in [2.75, 3.05) is 25.0 Å². The first-order chi connectivity index (χ1) is 9.52. The van der Waals surface area contributed by atoms with E-state index in [2.05, 4.69) is 15.5 Å². The molecule has 2 N–H and O–H groups in total. The highest BCUT2D eigenvalue weighted by molar-refractivity contribution is 5.90. The van der Waals surface area contributed by atoms with E-state index in [1.54, 1.807) is 0 Å². The van der Waals surface area contributed by atoms with Gasteiger partial charge in [0.05, 0.1) is 12.1 Å². The Morgan fingerprint density at radius 2 is 2.15 bits per heavy atom. The van der Waals surface area contributed by atoms with Crippen molar-refractivity contribution in [2.24, 2.45) is 0 Å². The summed E-state index contributed by atoms with van der Waals surface area (Å²) in [7, 11) is 0. The van der Waals surface area contributed by atoms with Gasteiger partial charge in [0.1, 0.15) is 0 Å². The maximum Gasteiger partial charge on any atom is 0.322 e. The molecular weight excluding hydrogens is 260 g/mol. The Balaban J connectivity index is 1.47. The molecule has 2 aliphatic rings. The quantitative estimate of drug-likeness (QED) is 0.845. The molecule has 0 radical (unpaired) electrons. The van der Waals surface area contributed by atoms with Gasteiger partial charge >= 0.3 is 6.01 Å². The fraction of sp³-hybridized carbons (Fsp3) is 0.769. The van der Waals surface area contributed by atoms with Crippen LogP contribution in [0.15, 0.2) is 4.42 Å². The third-order valence-electron chi connectivity index (χ3n) is 3.91. The van der Waals surface area contributed by atoms with Gasteiger partial charge in [-0.05, 0) is 32.6 Å². The first kappa shape index (κ1) is 13.5. The molecule has 3 rings (SSSR count). The number of amides is 1. The fourth-order valence-corrected chi connectivity index (χ4v) is 2.34. The highest BCUT2D eigenvalue weighted by Gasteiger charge is 2.30. The lowest BCUT2D eigenvalue weighted by atomic mass is 9.94. The fourth-order valence-electron chi connectivity index (χ4n) is 2.34. The molecule has 2 fully saturated rings. The summed E-state index contributed by atoms with van der Waals surface area (Å²) in [6, 6.07) is 0.181. The Bertz CT molecular complexity index is 486. The number of aliphatic hydroxyl groups is 1. The average Bonchev–Trinajstić information content (AvgIpc) is 3.14. The maximum absolute atomic E-state index is 11.9. The van der Waals surface area contributed by atoms with Gasteiger partial charge in [-0.25, -0.2) is 0 Å². The SMILES string of the molecule is CC1(O)CCN(CC(=O)Nc2nnc(C3CC3)o2)CC1. The molecule has 2 heterocycles. The van der Waals surface area contributed by atoms with E-state index in [0.717, 1.165) is 25.9 Å². The molecule has 110 valence electrons. The number of nitrogens with zero attached hydrogens (tertiary/aromatic N) is 3. The second-order valence-electron chi connectivity index (χ2n) is 6.04. The Labute approximate surface area is 117 Å². The van der Waals surface area contributed by atoms with Gasteiger partial charge in [-0.2, -0.15) is 0 Å². The van der Waals surface area contributed by atoms with Crippen molar-refractivity contribution in [1.29, 1.82) is 0 Å². The van der Waals surface area contributed by atoms with Crippen molar-refractivity contribution < 1.29 is 14.3 Å². The van der Waals surface area contributed by atoms with E-state index in [9.17, 15) is 9.90 Å². The predicted octanol–water partition coefficient (Wildman–Crippen LogP) is 0.732. The Morgan fingerprint density at radius 1 is 1.45 bits per heavy atom. The third-order valence-corrected chi connectivity index (χ3v) is 3.91. The summed E-state index contributed by atoms with van der Waals surface area (Å²) in [4.78, 5) is 13.9. The van der Waals surface area contributed by atoms with Crippen molar-refractivity contribution >= 4 is 11.9 Å². The summed E-state index contributed by atoms with van der Waals surface area (Å²) in [5, 5.41) is 20.2. The molecule has 1 aliphatic carbocycles. The minimum atomic E-state index is -0.599. The molecule has 1 saturated carbocycles. The van der Waals surface area contributed by atoms with Crippen LogP contribution in [0.2, 0.25) is 0 Å². The minimum absolute atomic E-state index is 0.155. The monoisotopic (exact) mass is 280 g/mol. The topological polar surface area (TPSA) is 91.5 Å². The zero-order chi connectivity index (χ0) is 14.2. The molecular formula is C13H20N4O3. The molecule has 1 aromatic heterocycles. The lowest BCUT2D eigenvalue weighted by Gasteiger charge is -2.35. The van der Waals surface area contributed by atoms with Crippen LogP contribution in [0.3, 0.4) is 0 Å². The van der Waals surface area contributed by atoms with Crippen LogP contribution in [0.4, 0.5) is 6.01 Å². The number of aromatic nitrogens is 2. The van der Waals surface area contributed by atoms with Crippen LogP contribution in [-0.2, 0) is 4.79 Å². The first-order valence-corrected chi connectivity index (χ1v) is 7.10. The van der Waals surface area contributed by atoms with Crippen LogP contribution in [-0.4, -0.2) is 51.3 Å². The van der Waals surface area contributed by atoms with Gasteiger partial charge in [0.25, 0.3) is 0 Å². The van der Waals surface area contributed by atoms with Crippen LogP contribution >= 0.6 is 0 Å². The van der Waals surface area contributed by atoms with Crippen molar-refractivity contribution in [1.82, 2.24) is 15.1 Å². The normalized spacial score (nSPS) is 22.7. The zero-order valence-electron chi connectivity index (χ0n) is 11.6. The van der Waals surface area contributed by atoms with Crippen LogP contribution in [0, 0.1) is 0 Å². The van der Waals surface area contributed by atoms with E-state index in [1.807, 2.05) is 11.8 Å². The number of hydrogen-bond acceptors (Lipinski definition) is 6. The molecule has 0 atom stereocenters. The number of nitrogens with one attached hydrogen (secondary N) is 1. The Kier molecular flexibility index (Phi) is 3.47. The largest absolute Gasteiger partial charge is 0.408 e. The van der Waals surface area contributed by atoms with E-state index in [0.29, 0.717) is 24.7 Å². The molecule has 0 bridgehead atoms. The van der Waals surface area contributed by atoms with Crippen LogP contribution < -0.4 is 5.32 Å². The number of carbonyl (C=O) groups is 1. The molecule has 7 heteroatoms. The number of anilines is 1. The number of rotatable bonds is 4. The maximum atomic E-state index is 11.9. The van der Waals surface area contributed by atoms with E-state index < -0.39 is 5.60 Å². The second kappa shape index (κ2) is 5.14.